The zero-order valence-electron chi connectivity index (χ0n) is 19.4. The van der Waals surface area contributed by atoms with E-state index in [0.717, 1.165) is 33.2 Å². The molecule has 1 aromatic heterocycles. The van der Waals surface area contributed by atoms with Gasteiger partial charge in [-0.1, -0.05) is 12.1 Å². The average Bonchev–Trinajstić information content (AvgIpc) is 3.03. The second kappa shape index (κ2) is 10.4. The number of thioether (sulfide) groups is 1. The Kier molecular flexibility index (Phi) is 7.58. The van der Waals surface area contributed by atoms with E-state index in [1.165, 1.54) is 0 Å². The lowest BCUT2D eigenvalue weighted by molar-refractivity contribution is 0.0977. The second-order valence-electron chi connectivity index (χ2n) is 7.69. The van der Waals surface area contributed by atoms with Gasteiger partial charge in [0.1, 0.15) is 0 Å². The molecule has 0 radical (unpaired) electrons. The lowest BCUT2D eigenvalue weighted by Crippen LogP contribution is -2.36. The molecule has 32 heavy (non-hydrogen) atoms. The number of amides is 1. The monoisotopic (exact) mass is 450 g/mol. The molecule has 0 atom stereocenters. The van der Waals surface area contributed by atoms with Crippen LogP contribution in [0.3, 0.4) is 0 Å². The topological polar surface area (TPSA) is 74.5 Å². The maximum absolute atomic E-state index is 13.0. The molecule has 8 heteroatoms. The van der Waals surface area contributed by atoms with E-state index in [-0.39, 0.29) is 5.91 Å². The van der Waals surface area contributed by atoms with E-state index in [0.29, 0.717) is 18.1 Å². The molecule has 0 saturated carbocycles. The maximum atomic E-state index is 13.0. The summed E-state index contributed by atoms with van der Waals surface area (Å²) in [5.41, 5.74) is 5.42. The van der Waals surface area contributed by atoms with Crippen LogP contribution in [-0.4, -0.2) is 42.0 Å². The first-order chi connectivity index (χ1) is 15.3. The molecule has 0 aliphatic heterocycles. The number of nitrogens with zero attached hydrogens (tertiary/aromatic N) is 4. The molecule has 168 valence electrons. The van der Waals surface area contributed by atoms with Crippen LogP contribution in [0.25, 0.3) is 0 Å². The number of carbonyl (C=O) groups excluding carboxylic acids is 1. The fourth-order valence-electron chi connectivity index (χ4n) is 3.26. The predicted molar refractivity (Wildman–Crippen MR) is 134 cm³/mol. The van der Waals surface area contributed by atoms with Gasteiger partial charge in [-0.2, -0.15) is 5.10 Å². The lowest BCUT2D eigenvalue weighted by atomic mass is 10.2. The summed E-state index contributed by atoms with van der Waals surface area (Å²) in [6.45, 7) is 4.40. The maximum Gasteiger partial charge on any atom is 0.258 e. The molecular formula is C24H30N6OS. The van der Waals surface area contributed by atoms with Gasteiger partial charge in [0, 0.05) is 54.2 Å². The van der Waals surface area contributed by atoms with E-state index in [2.05, 4.69) is 15.7 Å². The van der Waals surface area contributed by atoms with Crippen molar-refractivity contribution in [2.24, 2.45) is 12.0 Å². The van der Waals surface area contributed by atoms with Gasteiger partial charge in [0.05, 0.1) is 12.2 Å². The van der Waals surface area contributed by atoms with Gasteiger partial charge in [-0.05, 0) is 56.5 Å². The Labute approximate surface area is 193 Å². The summed E-state index contributed by atoms with van der Waals surface area (Å²) >= 11 is 1.66. The summed E-state index contributed by atoms with van der Waals surface area (Å²) in [5.74, 6) is 0.173. The average molecular weight is 451 g/mol. The Hall–Kier alpha value is -3.26. The third-order valence-corrected chi connectivity index (χ3v) is 5.97. The van der Waals surface area contributed by atoms with Crippen molar-refractivity contribution in [2.45, 2.75) is 25.3 Å². The van der Waals surface area contributed by atoms with Gasteiger partial charge in [-0.15, -0.1) is 11.8 Å². The highest BCUT2D eigenvalue weighted by molar-refractivity contribution is 7.98. The number of hydrogen-bond acceptors (Lipinski definition) is 5. The minimum Gasteiger partial charge on any atom is -0.378 e. The van der Waals surface area contributed by atoms with Gasteiger partial charge in [0.25, 0.3) is 5.91 Å². The number of aliphatic imine (C=N–C) groups is 1. The van der Waals surface area contributed by atoms with Crippen LogP contribution in [-0.2, 0) is 13.6 Å². The summed E-state index contributed by atoms with van der Waals surface area (Å²) < 4.78 is 1.85. The largest absolute Gasteiger partial charge is 0.378 e. The Balaban J connectivity index is 1.88. The first kappa shape index (κ1) is 23.4. The third kappa shape index (κ3) is 5.70. The molecule has 3 rings (SSSR count). The number of rotatable bonds is 6. The minimum atomic E-state index is -0.222. The molecule has 1 amide bonds. The van der Waals surface area contributed by atoms with Gasteiger partial charge in [-0.25, -0.2) is 4.99 Å². The number of hydrogen-bond donors (Lipinski definition) is 2. The molecule has 0 bridgehead atoms. The predicted octanol–water partition coefficient (Wildman–Crippen LogP) is 4.22. The summed E-state index contributed by atoms with van der Waals surface area (Å²) in [4.78, 5) is 20.8. The van der Waals surface area contributed by atoms with Gasteiger partial charge in [0.2, 0.25) is 5.96 Å². The smallest absolute Gasteiger partial charge is 0.258 e. The summed E-state index contributed by atoms with van der Waals surface area (Å²) in [7, 11) is 5.81. The molecule has 1 heterocycles. The number of guanidine groups is 1. The molecule has 2 N–H and O–H groups in total. The number of nitrogens with one attached hydrogen (secondary N) is 2. The van der Waals surface area contributed by atoms with E-state index in [4.69, 9.17) is 4.99 Å². The summed E-state index contributed by atoms with van der Waals surface area (Å²) in [6.07, 6.45) is 2.03. The molecular weight excluding hydrogens is 420 g/mol. The van der Waals surface area contributed by atoms with Gasteiger partial charge in [-0.3, -0.25) is 14.8 Å². The Morgan fingerprint density at radius 2 is 1.91 bits per heavy atom. The Morgan fingerprint density at radius 1 is 1.16 bits per heavy atom. The number of aryl methyl sites for hydroxylation is 2. The molecule has 0 aliphatic carbocycles. The van der Waals surface area contributed by atoms with Crippen LogP contribution in [0.2, 0.25) is 0 Å². The van der Waals surface area contributed by atoms with Crippen LogP contribution in [0.15, 0.2) is 58.4 Å². The number of benzene rings is 2. The van der Waals surface area contributed by atoms with E-state index in [9.17, 15) is 4.79 Å². The van der Waals surface area contributed by atoms with Crippen molar-refractivity contribution >= 4 is 35.0 Å². The summed E-state index contributed by atoms with van der Waals surface area (Å²) in [5, 5.41) is 10.7. The van der Waals surface area contributed by atoms with Crippen molar-refractivity contribution in [3.05, 3.63) is 71.0 Å². The van der Waals surface area contributed by atoms with Gasteiger partial charge >= 0.3 is 0 Å². The number of anilines is 2. The molecule has 0 saturated heterocycles. The standard InChI is InChI=1S/C24H30N6OS/c1-16-22(17(2)30(5)28-16)15-25-24(26-19-10-8-12-21(14-19)32-6)27-23(31)18-9-7-11-20(13-18)29(3)4/h7-14H,15H2,1-6H3,(H2,25,26,27,31). The van der Waals surface area contributed by atoms with Crippen molar-refractivity contribution in [3.8, 4) is 0 Å². The molecule has 3 aromatic rings. The first-order valence-corrected chi connectivity index (χ1v) is 11.5. The molecule has 0 aliphatic rings. The van der Waals surface area contributed by atoms with Crippen molar-refractivity contribution < 1.29 is 4.79 Å². The highest BCUT2D eigenvalue weighted by atomic mass is 32.2. The summed E-state index contributed by atoms with van der Waals surface area (Å²) in [6, 6.07) is 15.5. The zero-order valence-corrected chi connectivity index (χ0v) is 20.2. The molecule has 0 unspecified atom stereocenters. The normalized spacial score (nSPS) is 11.4. The zero-order chi connectivity index (χ0) is 23.3. The van der Waals surface area contributed by atoms with Crippen LogP contribution in [0.1, 0.15) is 27.3 Å². The third-order valence-electron chi connectivity index (χ3n) is 5.24. The number of carbonyl (C=O) groups is 1. The van der Waals surface area contributed by atoms with E-state index in [1.807, 2.05) is 93.3 Å². The van der Waals surface area contributed by atoms with Crippen molar-refractivity contribution in [1.29, 1.82) is 0 Å². The van der Waals surface area contributed by atoms with Gasteiger partial charge < -0.3 is 10.2 Å². The lowest BCUT2D eigenvalue weighted by Gasteiger charge is -2.15. The van der Waals surface area contributed by atoms with Crippen molar-refractivity contribution in [1.82, 2.24) is 15.1 Å². The second-order valence-corrected chi connectivity index (χ2v) is 8.57. The fraction of sp³-hybridized carbons (Fsp3) is 0.292. The molecule has 7 nitrogen and oxygen atoms in total. The molecule has 2 aromatic carbocycles. The van der Waals surface area contributed by atoms with E-state index in [1.54, 1.807) is 17.8 Å². The van der Waals surface area contributed by atoms with Crippen LogP contribution in [0.5, 0.6) is 0 Å². The van der Waals surface area contributed by atoms with Gasteiger partial charge in [0.15, 0.2) is 0 Å². The Morgan fingerprint density at radius 3 is 2.56 bits per heavy atom. The minimum absolute atomic E-state index is 0.222. The van der Waals surface area contributed by atoms with Crippen molar-refractivity contribution in [2.75, 3.05) is 30.6 Å². The van der Waals surface area contributed by atoms with Crippen molar-refractivity contribution in [3.63, 3.8) is 0 Å². The fourth-order valence-corrected chi connectivity index (χ4v) is 3.72. The SMILES string of the molecule is CSc1cccc(NC(=NCc2c(C)nn(C)c2C)NC(=O)c2cccc(N(C)C)c2)c1. The molecule has 0 fully saturated rings. The van der Waals surface area contributed by atoms with Crippen LogP contribution >= 0.6 is 11.8 Å². The van der Waals surface area contributed by atoms with E-state index < -0.39 is 0 Å². The van der Waals surface area contributed by atoms with E-state index >= 15 is 0 Å². The van der Waals surface area contributed by atoms with Crippen LogP contribution in [0.4, 0.5) is 11.4 Å². The highest BCUT2D eigenvalue weighted by Crippen LogP contribution is 2.19. The number of aromatic nitrogens is 2. The van der Waals surface area contributed by atoms with Crippen LogP contribution in [0, 0.1) is 13.8 Å². The van der Waals surface area contributed by atoms with Crippen LogP contribution < -0.4 is 15.5 Å². The molecule has 0 spiro atoms. The first-order valence-electron chi connectivity index (χ1n) is 10.3. The quantitative estimate of drug-likeness (QED) is 0.334. The Bertz CT molecular complexity index is 1140. The highest BCUT2D eigenvalue weighted by Gasteiger charge is 2.13.